The molecule has 6 nitrogen and oxygen atoms in total. The number of hydrogen-bond donors (Lipinski definition) is 1. The topological polar surface area (TPSA) is 106 Å². The number of nitrogens with zero attached hydrogens (tertiary/aromatic N) is 2. The van der Waals surface area contributed by atoms with Crippen LogP contribution in [0, 0.1) is 17.1 Å². The van der Waals surface area contributed by atoms with Crippen molar-refractivity contribution in [1.82, 2.24) is 0 Å². The molecule has 17 heavy (non-hydrogen) atoms. The molecule has 86 valence electrons. The molecule has 0 aliphatic carbocycles. The Balaban J connectivity index is 2.85. The summed E-state index contributed by atoms with van der Waals surface area (Å²) >= 11 is 0. The molecule has 1 amide bonds. The highest BCUT2D eigenvalue weighted by Crippen LogP contribution is 2.07. The molecule has 0 heterocycles. The van der Waals surface area contributed by atoms with Crippen LogP contribution in [0.15, 0.2) is 29.4 Å². The minimum absolute atomic E-state index is 0.363. The van der Waals surface area contributed by atoms with Gasteiger partial charge in [-0.1, -0.05) is 17.3 Å². The number of halogens is 1. The highest BCUT2D eigenvalue weighted by molar-refractivity contribution is 6.44. The van der Waals surface area contributed by atoms with E-state index in [9.17, 15) is 14.0 Å². The lowest BCUT2D eigenvalue weighted by Gasteiger charge is -1.98. The summed E-state index contributed by atoms with van der Waals surface area (Å²) in [5, 5.41) is 11.3. The van der Waals surface area contributed by atoms with Crippen LogP contribution < -0.4 is 5.73 Å². The monoisotopic (exact) mass is 235 g/mol. The molecule has 0 atom stereocenters. The van der Waals surface area contributed by atoms with Crippen molar-refractivity contribution in [2.75, 3.05) is 0 Å². The molecule has 0 saturated carbocycles. The molecule has 1 aromatic rings. The summed E-state index contributed by atoms with van der Waals surface area (Å²) in [6.07, 6.45) is 0. The van der Waals surface area contributed by atoms with E-state index in [1.807, 2.05) is 0 Å². The summed E-state index contributed by atoms with van der Waals surface area (Å²) in [6.45, 7) is 0. The number of benzene rings is 1. The Morgan fingerprint density at radius 3 is 2.59 bits per heavy atom. The second kappa shape index (κ2) is 5.37. The number of primary amides is 1. The molecule has 0 aliphatic rings. The highest BCUT2D eigenvalue weighted by Gasteiger charge is 2.14. The van der Waals surface area contributed by atoms with Gasteiger partial charge in [0.2, 0.25) is 5.71 Å². The lowest BCUT2D eigenvalue weighted by molar-refractivity contribution is -0.112. The predicted octanol–water partition coefficient (Wildman–Crippen LogP) is 0.347. The van der Waals surface area contributed by atoms with E-state index in [0.717, 1.165) is 6.07 Å². The quantitative estimate of drug-likeness (QED) is 0.463. The van der Waals surface area contributed by atoms with Crippen LogP contribution in [0.4, 0.5) is 4.39 Å². The third kappa shape index (κ3) is 3.10. The molecule has 1 aromatic carbocycles. The van der Waals surface area contributed by atoms with Gasteiger partial charge in [0.15, 0.2) is 0 Å². The summed E-state index contributed by atoms with van der Waals surface area (Å²) in [5.41, 5.74) is 3.60. The van der Waals surface area contributed by atoms with E-state index in [1.54, 1.807) is 0 Å². The van der Waals surface area contributed by atoms with Gasteiger partial charge in [0.25, 0.3) is 5.91 Å². The van der Waals surface area contributed by atoms with E-state index in [0.29, 0.717) is 0 Å². The Labute approximate surface area is 95.1 Å². The van der Waals surface area contributed by atoms with E-state index < -0.39 is 23.4 Å². The fourth-order valence-corrected chi connectivity index (χ4v) is 0.884. The second-order valence-corrected chi connectivity index (χ2v) is 2.77. The molecule has 0 unspecified atom stereocenters. The number of nitrogens with two attached hydrogens (primary N) is 1. The van der Waals surface area contributed by atoms with Crippen LogP contribution >= 0.6 is 0 Å². The maximum absolute atomic E-state index is 13.1. The lowest BCUT2D eigenvalue weighted by atomic mass is 10.2. The molecular weight excluding hydrogens is 229 g/mol. The first-order chi connectivity index (χ1) is 8.06. The van der Waals surface area contributed by atoms with Crippen LogP contribution in [-0.2, 0) is 9.63 Å². The van der Waals surface area contributed by atoms with Gasteiger partial charge in [-0.2, -0.15) is 5.26 Å². The smallest absolute Gasteiger partial charge is 0.364 e. The minimum atomic E-state index is -1.14. The van der Waals surface area contributed by atoms with Crippen molar-refractivity contribution in [3.8, 4) is 6.07 Å². The Kier molecular flexibility index (Phi) is 3.89. The first-order valence-electron chi connectivity index (χ1n) is 4.30. The molecule has 7 heteroatoms. The van der Waals surface area contributed by atoms with E-state index in [1.165, 1.54) is 24.3 Å². The fraction of sp³-hybridized carbons (Fsp3) is 0. The van der Waals surface area contributed by atoms with Gasteiger partial charge < -0.3 is 10.6 Å². The number of carbonyl (C=O) groups excluding carboxylic acids is 2. The van der Waals surface area contributed by atoms with Crippen molar-refractivity contribution in [2.45, 2.75) is 0 Å². The van der Waals surface area contributed by atoms with Crippen molar-refractivity contribution >= 4 is 17.6 Å². The van der Waals surface area contributed by atoms with E-state index >= 15 is 0 Å². The number of hydrogen-bond acceptors (Lipinski definition) is 5. The van der Waals surface area contributed by atoms with Gasteiger partial charge in [-0.3, -0.25) is 4.79 Å². The molecule has 0 saturated heterocycles. The molecule has 2 N–H and O–H groups in total. The molecule has 0 radical (unpaired) electrons. The third-order valence-corrected chi connectivity index (χ3v) is 1.65. The average Bonchev–Trinajstić information content (AvgIpc) is 2.29. The Morgan fingerprint density at radius 1 is 1.41 bits per heavy atom. The maximum atomic E-state index is 13.1. The van der Waals surface area contributed by atoms with E-state index in [4.69, 9.17) is 11.0 Å². The van der Waals surface area contributed by atoms with Crippen LogP contribution in [0.25, 0.3) is 0 Å². The molecule has 0 aromatic heterocycles. The number of carbonyl (C=O) groups is 2. The summed E-state index contributed by atoms with van der Waals surface area (Å²) in [6, 6.07) is 6.36. The maximum Gasteiger partial charge on any atom is 0.368 e. The first-order valence-corrected chi connectivity index (χ1v) is 4.30. The largest absolute Gasteiger partial charge is 0.368 e. The standard InChI is InChI=1S/C10H6FN3O3/c11-7-4-2-1-3-6(7)10(16)17-14-8(5-12)9(13)15/h1-4H,(H2,13,15)/b14-8-. The number of oxime groups is 1. The van der Waals surface area contributed by atoms with Gasteiger partial charge in [-0.05, 0) is 12.1 Å². The van der Waals surface area contributed by atoms with Crippen LogP contribution in [0.2, 0.25) is 0 Å². The van der Waals surface area contributed by atoms with Crippen LogP contribution in [0.3, 0.4) is 0 Å². The lowest BCUT2D eigenvalue weighted by Crippen LogP contribution is -2.22. The third-order valence-electron chi connectivity index (χ3n) is 1.65. The molecule has 0 aliphatic heterocycles. The summed E-state index contributed by atoms with van der Waals surface area (Å²) in [7, 11) is 0. The Morgan fingerprint density at radius 2 is 2.06 bits per heavy atom. The zero-order valence-corrected chi connectivity index (χ0v) is 8.38. The summed E-state index contributed by atoms with van der Waals surface area (Å²) in [5.74, 6) is -3.07. The molecule has 0 fully saturated rings. The van der Waals surface area contributed by atoms with E-state index in [-0.39, 0.29) is 5.56 Å². The van der Waals surface area contributed by atoms with Crippen molar-refractivity contribution in [3.63, 3.8) is 0 Å². The minimum Gasteiger partial charge on any atom is -0.364 e. The van der Waals surface area contributed by atoms with Gasteiger partial charge in [-0.15, -0.1) is 0 Å². The first kappa shape index (κ1) is 12.3. The van der Waals surface area contributed by atoms with Gasteiger partial charge in [0, 0.05) is 0 Å². The number of rotatable bonds is 3. The van der Waals surface area contributed by atoms with Crippen molar-refractivity contribution < 1.29 is 18.8 Å². The second-order valence-electron chi connectivity index (χ2n) is 2.77. The van der Waals surface area contributed by atoms with Crippen molar-refractivity contribution in [1.29, 1.82) is 5.26 Å². The zero-order valence-electron chi connectivity index (χ0n) is 8.38. The molecule has 0 spiro atoms. The van der Waals surface area contributed by atoms with Crippen LogP contribution in [-0.4, -0.2) is 17.6 Å². The zero-order chi connectivity index (χ0) is 12.8. The fourth-order valence-electron chi connectivity index (χ4n) is 0.884. The predicted molar refractivity (Wildman–Crippen MR) is 54.1 cm³/mol. The van der Waals surface area contributed by atoms with E-state index in [2.05, 4.69) is 9.99 Å². The van der Waals surface area contributed by atoms with Gasteiger partial charge in [0.05, 0.1) is 5.56 Å². The molecular formula is C10H6FN3O3. The highest BCUT2D eigenvalue weighted by atomic mass is 19.1. The normalized spacial score (nSPS) is 10.5. The van der Waals surface area contributed by atoms with Gasteiger partial charge in [-0.25, -0.2) is 9.18 Å². The molecule has 1 rings (SSSR count). The van der Waals surface area contributed by atoms with Gasteiger partial charge in [0.1, 0.15) is 11.9 Å². The Hall–Kier alpha value is -2.75. The summed E-state index contributed by atoms with van der Waals surface area (Å²) in [4.78, 5) is 26.0. The van der Waals surface area contributed by atoms with Gasteiger partial charge >= 0.3 is 5.97 Å². The van der Waals surface area contributed by atoms with Crippen LogP contribution in [0.1, 0.15) is 10.4 Å². The van der Waals surface area contributed by atoms with Crippen molar-refractivity contribution in [3.05, 3.63) is 35.6 Å². The summed E-state index contributed by atoms with van der Waals surface area (Å²) < 4.78 is 13.1. The average molecular weight is 235 g/mol. The van der Waals surface area contributed by atoms with Crippen LogP contribution in [0.5, 0.6) is 0 Å². The number of amides is 1. The Bertz CT molecular complexity index is 534. The SMILES string of the molecule is N#C/C(=N/OC(=O)c1ccccc1F)C(N)=O. The molecule has 0 bridgehead atoms. The van der Waals surface area contributed by atoms with Crippen molar-refractivity contribution in [2.24, 2.45) is 10.9 Å². The number of nitriles is 1.